The molecule has 1 unspecified atom stereocenters. The molecule has 4 heterocycles. The van der Waals surface area contributed by atoms with Crippen molar-refractivity contribution < 1.29 is 43.2 Å². The number of unbranched alkanes of at least 4 members (excludes halogenated alkanes) is 3. The van der Waals surface area contributed by atoms with E-state index in [0.29, 0.717) is 62.3 Å². The highest BCUT2D eigenvalue weighted by Gasteiger charge is 2.54. The van der Waals surface area contributed by atoms with E-state index >= 15 is 0 Å². The Kier molecular flexibility index (Phi) is 14.8. The Bertz CT molecular complexity index is 1500. The van der Waals surface area contributed by atoms with Crippen molar-refractivity contribution >= 4 is 43.0 Å². The molecule has 0 bridgehead atoms. The number of aromatic nitrogens is 1. The van der Waals surface area contributed by atoms with Gasteiger partial charge in [0.05, 0.1) is 13.2 Å². The second-order valence-corrected chi connectivity index (χ2v) is 17.2. The zero-order valence-corrected chi connectivity index (χ0v) is 32.1. The van der Waals surface area contributed by atoms with Crippen LogP contribution in [0.4, 0.5) is 0 Å². The molecule has 0 spiro atoms. The predicted molar refractivity (Wildman–Crippen MR) is 192 cm³/mol. The zero-order chi connectivity index (χ0) is 37.3. The smallest absolute Gasteiger partial charge is 0.396 e. The van der Waals surface area contributed by atoms with Crippen molar-refractivity contribution in [1.29, 1.82) is 0 Å². The number of aliphatic hydroxyl groups excluding tert-OH is 1. The minimum absolute atomic E-state index is 0.0355. The fraction of sp³-hybridized carbons (Fsp3) is 0.714. The Labute approximate surface area is 305 Å². The van der Waals surface area contributed by atoms with E-state index in [1.807, 2.05) is 44.9 Å². The van der Waals surface area contributed by atoms with Gasteiger partial charge in [-0.05, 0) is 74.8 Å². The Morgan fingerprint density at radius 2 is 1.94 bits per heavy atom. The summed E-state index contributed by atoms with van der Waals surface area (Å²) in [5.41, 5.74) is 0.307. The first-order chi connectivity index (χ1) is 24.1. The molecule has 16 heteroatoms. The van der Waals surface area contributed by atoms with Gasteiger partial charge in [-0.1, -0.05) is 40.5 Å². The lowest BCUT2D eigenvalue weighted by Gasteiger charge is -2.54. The molecular formula is C35H54N5O9PS. The number of nitrogens with zero attached hydrogens (tertiary/aromatic N) is 5. The van der Waals surface area contributed by atoms with Crippen LogP contribution >= 0.6 is 19.2 Å². The molecule has 284 valence electrons. The lowest BCUT2D eigenvalue weighted by atomic mass is 9.85. The summed E-state index contributed by atoms with van der Waals surface area (Å²) in [5.74, 6) is 5.32. The molecule has 4 rings (SSSR count). The van der Waals surface area contributed by atoms with E-state index in [2.05, 4.69) is 26.2 Å². The number of hydrogen-bond donors (Lipinski definition) is 3. The molecule has 0 saturated carbocycles. The van der Waals surface area contributed by atoms with Gasteiger partial charge in [-0.2, -0.15) is 5.06 Å². The van der Waals surface area contributed by atoms with E-state index < -0.39 is 32.0 Å². The number of thiazole rings is 1. The standard InChI is InChI=1S/C35H54N5O9PS/c1-25(2)20-29-34(44)39-28(21-35(3,4)5)33(43)38(27-15-17-37(22-27)16-9-11-19-48-50(45,46)47)23-31(39)40(49-29)32(42)14-13-30-36-26(24-51-30)12-8-6-7-10-18-41/h13-14,24-25,27-29,31,41H,6-7,9-11,15-23H2,1-5H3,(H2,45,46,47)/b14-13+/t27-,28+,29?,31+/m1/s1. The van der Waals surface area contributed by atoms with Crippen molar-refractivity contribution in [3.8, 4) is 11.8 Å². The van der Waals surface area contributed by atoms with Gasteiger partial charge in [0.1, 0.15) is 16.7 Å². The summed E-state index contributed by atoms with van der Waals surface area (Å²) in [6.07, 6.45) is 6.13. The van der Waals surface area contributed by atoms with Gasteiger partial charge in [-0.15, -0.1) is 11.3 Å². The van der Waals surface area contributed by atoms with Crippen molar-refractivity contribution in [2.75, 3.05) is 39.4 Å². The average Bonchev–Trinajstić information content (AvgIpc) is 3.70. The highest BCUT2D eigenvalue weighted by Crippen LogP contribution is 2.37. The number of amides is 3. The molecule has 3 aliphatic rings. The summed E-state index contributed by atoms with van der Waals surface area (Å²) in [6, 6.07) is -0.909. The maximum Gasteiger partial charge on any atom is 0.469 e. The topological polar surface area (TPSA) is 173 Å². The third kappa shape index (κ3) is 12.2. The Morgan fingerprint density at radius 1 is 1.18 bits per heavy atom. The first kappa shape index (κ1) is 41.1. The lowest BCUT2D eigenvalue weighted by Crippen LogP contribution is -2.74. The summed E-state index contributed by atoms with van der Waals surface area (Å²) in [7, 11) is -4.50. The Morgan fingerprint density at radius 3 is 2.63 bits per heavy atom. The van der Waals surface area contributed by atoms with Crippen molar-refractivity contribution in [2.45, 2.75) is 110 Å². The third-order valence-corrected chi connectivity index (χ3v) is 10.3. The van der Waals surface area contributed by atoms with Gasteiger partial charge >= 0.3 is 7.82 Å². The van der Waals surface area contributed by atoms with Crippen molar-refractivity contribution in [1.82, 2.24) is 24.7 Å². The quantitative estimate of drug-likeness (QED) is 0.103. The molecule has 1 aromatic rings. The van der Waals surface area contributed by atoms with Crippen LogP contribution in [-0.2, 0) is 28.3 Å². The van der Waals surface area contributed by atoms with E-state index in [0.717, 1.165) is 19.4 Å². The number of phosphoric ester groups is 1. The summed E-state index contributed by atoms with van der Waals surface area (Å²) >= 11 is 1.36. The Hall–Kier alpha value is -2.67. The summed E-state index contributed by atoms with van der Waals surface area (Å²) in [4.78, 5) is 76.7. The molecule has 3 amide bonds. The van der Waals surface area contributed by atoms with Crippen LogP contribution in [0.3, 0.4) is 0 Å². The molecule has 3 aliphatic heterocycles. The van der Waals surface area contributed by atoms with Crippen LogP contribution < -0.4 is 0 Å². The van der Waals surface area contributed by atoms with Crippen LogP contribution in [0.1, 0.15) is 96.7 Å². The van der Waals surface area contributed by atoms with Gasteiger partial charge in [0.15, 0.2) is 12.3 Å². The molecule has 1 aromatic heterocycles. The van der Waals surface area contributed by atoms with E-state index in [-0.39, 0.29) is 48.9 Å². The maximum atomic E-state index is 14.4. The minimum Gasteiger partial charge on any atom is -0.396 e. The van der Waals surface area contributed by atoms with Gasteiger partial charge in [0, 0.05) is 43.6 Å². The minimum atomic E-state index is -4.50. The van der Waals surface area contributed by atoms with Crippen LogP contribution in [0.25, 0.3) is 6.08 Å². The number of rotatable bonds is 15. The van der Waals surface area contributed by atoms with Gasteiger partial charge in [0.25, 0.3) is 11.8 Å². The van der Waals surface area contributed by atoms with Gasteiger partial charge < -0.3 is 29.6 Å². The fourth-order valence-electron chi connectivity index (χ4n) is 6.65. The van der Waals surface area contributed by atoms with E-state index in [1.165, 1.54) is 22.5 Å². The van der Waals surface area contributed by atoms with E-state index in [9.17, 15) is 18.9 Å². The lowest BCUT2D eigenvalue weighted by molar-refractivity contribution is -0.275. The molecular weight excluding hydrogens is 697 g/mol. The highest BCUT2D eigenvalue weighted by molar-refractivity contribution is 7.46. The second kappa shape index (κ2) is 18.4. The summed E-state index contributed by atoms with van der Waals surface area (Å²) in [6.45, 7) is 12.3. The third-order valence-electron chi connectivity index (χ3n) is 8.97. The van der Waals surface area contributed by atoms with Crippen LogP contribution in [0.2, 0.25) is 0 Å². The van der Waals surface area contributed by atoms with Gasteiger partial charge in [0.2, 0.25) is 5.91 Å². The SMILES string of the molecule is CC(C)CC1ON(C(=O)/C=C/c2nc(C#CCCCCO)cs2)[C@H]2CN([C@@H]3CCN(CCCCOP(=O)(O)O)C3)C(=O)[C@H](CC(C)(C)C)N2C1=O. The van der Waals surface area contributed by atoms with Crippen LogP contribution in [0.15, 0.2) is 11.5 Å². The summed E-state index contributed by atoms with van der Waals surface area (Å²) in [5, 5.41) is 12.6. The monoisotopic (exact) mass is 751 g/mol. The number of fused-ring (bicyclic) bond motifs is 1. The van der Waals surface area contributed by atoms with Crippen LogP contribution in [0.5, 0.6) is 0 Å². The highest BCUT2D eigenvalue weighted by atomic mass is 32.1. The van der Waals surface area contributed by atoms with Crippen LogP contribution in [0, 0.1) is 23.2 Å². The number of carbonyl (C=O) groups is 3. The van der Waals surface area contributed by atoms with Crippen LogP contribution in [-0.4, -0.2) is 121 Å². The molecule has 3 N–H and O–H groups in total. The fourth-order valence-corrected chi connectivity index (χ4v) is 7.66. The number of aliphatic hydroxyl groups is 1. The zero-order valence-electron chi connectivity index (χ0n) is 30.4. The predicted octanol–water partition coefficient (Wildman–Crippen LogP) is 3.62. The van der Waals surface area contributed by atoms with Crippen molar-refractivity contribution in [2.24, 2.45) is 11.3 Å². The molecule has 0 aliphatic carbocycles. The number of likely N-dealkylation sites (tertiary alicyclic amines) is 1. The van der Waals surface area contributed by atoms with E-state index in [4.69, 9.17) is 19.7 Å². The van der Waals surface area contributed by atoms with Crippen molar-refractivity contribution in [3.05, 3.63) is 22.2 Å². The molecule has 0 aromatic carbocycles. The second-order valence-electron chi connectivity index (χ2n) is 15.0. The number of phosphoric acid groups is 1. The number of piperazine rings is 1. The normalized spacial score (nSPS) is 23.4. The molecule has 3 fully saturated rings. The number of carbonyl (C=O) groups excluding carboxylic acids is 3. The van der Waals surface area contributed by atoms with E-state index in [1.54, 1.807) is 11.0 Å². The molecule has 0 radical (unpaired) electrons. The molecule has 14 nitrogen and oxygen atoms in total. The number of hydrogen-bond acceptors (Lipinski definition) is 10. The first-order valence-electron chi connectivity index (χ1n) is 17.8. The average molecular weight is 752 g/mol. The summed E-state index contributed by atoms with van der Waals surface area (Å²) < 4.78 is 15.5. The maximum absolute atomic E-state index is 14.4. The van der Waals surface area contributed by atoms with Gasteiger partial charge in [-0.3, -0.25) is 23.7 Å². The first-order valence-corrected chi connectivity index (χ1v) is 20.3. The molecule has 4 atom stereocenters. The molecule has 3 saturated heterocycles. The Balaban J connectivity index is 1.54. The van der Waals surface area contributed by atoms with Crippen molar-refractivity contribution in [3.63, 3.8) is 0 Å². The number of hydroxylamine groups is 2. The molecule has 51 heavy (non-hydrogen) atoms. The largest absolute Gasteiger partial charge is 0.469 e. The van der Waals surface area contributed by atoms with Gasteiger partial charge in [-0.25, -0.2) is 9.55 Å².